The summed E-state index contributed by atoms with van der Waals surface area (Å²) < 4.78 is 48.2. The van der Waals surface area contributed by atoms with Gasteiger partial charge in [-0.1, -0.05) is 18.2 Å². The minimum Gasteiger partial charge on any atom is -0.419 e. The van der Waals surface area contributed by atoms with E-state index in [2.05, 4.69) is 0 Å². The summed E-state index contributed by atoms with van der Waals surface area (Å²) in [5.41, 5.74) is -1.84. The lowest BCUT2D eigenvalue weighted by atomic mass is 10.0. The first-order chi connectivity index (χ1) is 9.60. The molecule has 1 saturated heterocycles. The Morgan fingerprint density at radius 3 is 2.10 bits per heavy atom. The summed E-state index contributed by atoms with van der Waals surface area (Å²) in [6.45, 7) is 2.70. The summed E-state index contributed by atoms with van der Waals surface area (Å²) in [4.78, 5) is 23.4. The maximum atomic E-state index is 12.9. The van der Waals surface area contributed by atoms with E-state index in [0.717, 1.165) is 18.2 Å². The zero-order chi connectivity index (χ0) is 15.8. The summed E-state index contributed by atoms with van der Waals surface area (Å²) in [5.74, 6) is -3.48. The average molecular weight is 300 g/mol. The second kappa shape index (κ2) is 4.91. The fraction of sp³-hybridized carbons (Fsp3) is 0.286. The van der Waals surface area contributed by atoms with Crippen molar-refractivity contribution in [3.63, 3.8) is 0 Å². The molecule has 2 rings (SSSR count). The molecule has 21 heavy (non-hydrogen) atoms. The first kappa shape index (κ1) is 15.1. The molecule has 1 aromatic carbocycles. The van der Waals surface area contributed by atoms with E-state index < -0.39 is 35.0 Å². The molecule has 112 valence electrons. The molecule has 0 N–H and O–H groups in total. The second-order valence-electron chi connectivity index (χ2n) is 4.82. The third-order valence-electron chi connectivity index (χ3n) is 2.68. The number of halogens is 3. The van der Waals surface area contributed by atoms with Gasteiger partial charge in [0.05, 0.1) is 5.56 Å². The Kier molecular flexibility index (Phi) is 3.52. The standard InChI is InChI=1S/C14H11F3O4/c1-13(2)20-11(18)9(12(19)21-13)7-8-5-3-4-6-10(8)14(15,16)17/h3-7H,1-2H3. The molecule has 0 radical (unpaired) electrons. The van der Waals surface area contributed by atoms with E-state index in [1.54, 1.807) is 0 Å². The van der Waals surface area contributed by atoms with Crippen molar-refractivity contribution in [2.24, 2.45) is 0 Å². The maximum Gasteiger partial charge on any atom is 0.416 e. The van der Waals surface area contributed by atoms with Crippen LogP contribution in [0.15, 0.2) is 29.8 Å². The molecule has 1 aliphatic rings. The topological polar surface area (TPSA) is 52.6 Å². The van der Waals surface area contributed by atoms with Crippen molar-refractivity contribution in [2.45, 2.75) is 25.8 Å². The summed E-state index contributed by atoms with van der Waals surface area (Å²) in [5, 5.41) is 0. The average Bonchev–Trinajstić information content (AvgIpc) is 2.32. The lowest BCUT2D eigenvalue weighted by Gasteiger charge is -2.29. The summed E-state index contributed by atoms with van der Waals surface area (Å²) in [7, 11) is 0. The molecule has 0 atom stereocenters. The van der Waals surface area contributed by atoms with Crippen LogP contribution in [-0.4, -0.2) is 17.7 Å². The molecule has 1 fully saturated rings. The Morgan fingerprint density at radius 2 is 1.57 bits per heavy atom. The van der Waals surface area contributed by atoms with Crippen molar-refractivity contribution < 1.29 is 32.2 Å². The van der Waals surface area contributed by atoms with Gasteiger partial charge in [-0.3, -0.25) is 0 Å². The van der Waals surface area contributed by atoms with Gasteiger partial charge in [-0.15, -0.1) is 0 Å². The van der Waals surface area contributed by atoms with Crippen LogP contribution in [0.2, 0.25) is 0 Å². The van der Waals surface area contributed by atoms with E-state index >= 15 is 0 Å². The fourth-order valence-corrected chi connectivity index (χ4v) is 1.81. The van der Waals surface area contributed by atoms with Gasteiger partial charge in [0.1, 0.15) is 5.57 Å². The van der Waals surface area contributed by atoms with Gasteiger partial charge in [-0.2, -0.15) is 13.2 Å². The van der Waals surface area contributed by atoms with Crippen molar-refractivity contribution >= 4 is 18.0 Å². The molecule has 0 amide bonds. The number of rotatable bonds is 1. The number of alkyl halides is 3. The number of carbonyl (C=O) groups excluding carboxylic acids is 2. The highest BCUT2D eigenvalue weighted by Crippen LogP contribution is 2.33. The maximum absolute atomic E-state index is 12.9. The van der Waals surface area contributed by atoms with Gasteiger partial charge >= 0.3 is 18.1 Å². The highest BCUT2D eigenvalue weighted by atomic mass is 19.4. The number of carbonyl (C=O) groups is 2. The molecule has 4 nitrogen and oxygen atoms in total. The second-order valence-corrected chi connectivity index (χ2v) is 4.82. The number of hydrogen-bond acceptors (Lipinski definition) is 4. The monoisotopic (exact) mass is 300 g/mol. The predicted octanol–water partition coefficient (Wildman–Crippen LogP) is 2.92. The first-order valence-electron chi connectivity index (χ1n) is 5.95. The molecule has 0 bridgehead atoms. The Bertz CT molecular complexity index is 607. The van der Waals surface area contributed by atoms with Crippen LogP contribution >= 0.6 is 0 Å². The van der Waals surface area contributed by atoms with Gasteiger partial charge < -0.3 is 9.47 Å². The van der Waals surface area contributed by atoms with Crippen molar-refractivity contribution in [1.82, 2.24) is 0 Å². The van der Waals surface area contributed by atoms with E-state index in [1.165, 1.54) is 26.0 Å². The quantitative estimate of drug-likeness (QED) is 0.454. The molecule has 0 unspecified atom stereocenters. The Labute approximate surface area is 118 Å². The predicted molar refractivity (Wildman–Crippen MR) is 65.7 cm³/mol. The van der Waals surface area contributed by atoms with Crippen LogP contribution < -0.4 is 0 Å². The molecule has 1 aliphatic heterocycles. The van der Waals surface area contributed by atoms with Crippen molar-refractivity contribution in [1.29, 1.82) is 0 Å². The Hall–Kier alpha value is -2.31. The SMILES string of the molecule is CC1(C)OC(=O)C(=Cc2ccccc2C(F)(F)F)C(=O)O1. The smallest absolute Gasteiger partial charge is 0.416 e. The van der Waals surface area contributed by atoms with Crippen LogP contribution in [0.3, 0.4) is 0 Å². The van der Waals surface area contributed by atoms with E-state index in [4.69, 9.17) is 9.47 Å². The first-order valence-corrected chi connectivity index (χ1v) is 5.95. The number of benzene rings is 1. The zero-order valence-corrected chi connectivity index (χ0v) is 11.2. The normalized spacial score (nSPS) is 18.0. The van der Waals surface area contributed by atoms with E-state index in [0.29, 0.717) is 0 Å². The summed E-state index contributed by atoms with van der Waals surface area (Å²) in [6.07, 6.45) is -3.78. The van der Waals surface area contributed by atoms with E-state index in [1.807, 2.05) is 0 Å². The van der Waals surface area contributed by atoms with Crippen LogP contribution in [0.4, 0.5) is 13.2 Å². The highest BCUT2D eigenvalue weighted by molar-refractivity contribution is 6.18. The third kappa shape index (κ3) is 3.24. The molecular weight excluding hydrogens is 289 g/mol. The lowest BCUT2D eigenvalue weighted by molar-refractivity contribution is -0.222. The van der Waals surface area contributed by atoms with Crippen LogP contribution in [0.1, 0.15) is 25.0 Å². The molecule has 0 aromatic heterocycles. The summed E-state index contributed by atoms with van der Waals surface area (Å²) in [6, 6.07) is 4.59. The van der Waals surface area contributed by atoms with Crippen LogP contribution in [0.5, 0.6) is 0 Å². The Balaban J connectivity index is 2.46. The molecule has 0 spiro atoms. The van der Waals surface area contributed by atoms with Crippen molar-refractivity contribution in [2.75, 3.05) is 0 Å². The third-order valence-corrected chi connectivity index (χ3v) is 2.68. The number of cyclic esters (lactones) is 2. The lowest BCUT2D eigenvalue weighted by Crippen LogP contribution is -2.41. The van der Waals surface area contributed by atoms with Crippen molar-refractivity contribution in [3.8, 4) is 0 Å². The summed E-state index contributed by atoms with van der Waals surface area (Å²) >= 11 is 0. The molecule has 0 saturated carbocycles. The van der Waals surface area contributed by atoms with Crippen molar-refractivity contribution in [3.05, 3.63) is 41.0 Å². The van der Waals surface area contributed by atoms with E-state index in [9.17, 15) is 22.8 Å². The minimum absolute atomic E-state index is 0.311. The van der Waals surface area contributed by atoms with Gasteiger partial charge in [-0.25, -0.2) is 9.59 Å². The number of esters is 2. The highest BCUT2D eigenvalue weighted by Gasteiger charge is 2.39. The molecule has 0 aliphatic carbocycles. The Morgan fingerprint density at radius 1 is 1.05 bits per heavy atom. The molecule has 1 heterocycles. The zero-order valence-electron chi connectivity index (χ0n) is 11.2. The number of ether oxygens (including phenoxy) is 2. The van der Waals surface area contributed by atoms with Gasteiger partial charge in [0, 0.05) is 13.8 Å². The molecule has 7 heteroatoms. The van der Waals surface area contributed by atoms with Gasteiger partial charge in [0.25, 0.3) is 5.79 Å². The van der Waals surface area contributed by atoms with E-state index in [-0.39, 0.29) is 5.56 Å². The minimum atomic E-state index is -4.60. The van der Waals surface area contributed by atoms with Crippen LogP contribution in [0.25, 0.3) is 6.08 Å². The van der Waals surface area contributed by atoms with Gasteiger partial charge in [-0.05, 0) is 17.7 Å². The van der Waals surface area contributed by atoms with Gasteiger partial charge in [0.2, 0.25) is 0 Å². The van der Waals surface area contributed by atoms with Gasteiger partial charge in [0.15, 0.2) is 0 Å². The molecule has 1 aromatic rings. The largest absolute Gasteiger partial charge is 0.419 e. The fourth-order valence-electron chi connectivity index (χ4n) is 1.81. The van der Waals surface area contributed by atoms with Crippen LogP contribution in [-0.2, 0) is 25.2 Å². The number of hydrogen-bond donors (Lipinski definition) is 0. The van der Waals surface area contributed by atoms with Crippen LogP contribution in [0, 0.1) is 0 Å². The molecular formula is C14H11F3O4.